The molecule has 4 heteroatoms. The SMILES string of the molecule is CCCNC(c1cc(C)nc(C)c1)c1cccnc1N. The maximum atomic E-state index is 6.04. The smallest absolute Gasteiger partial charge is 0.128 e. The number of aromatic nitrogens is 2. The van der Waals surface area contributed by atoms with E-state index in [2.05, 4.69) is 34.3 Å². The van der Waals surface area contributed by atoms with Gasteiger partial charge in [0.25, 0.3) is 0 Å². The fourth-order valence-electron chi connectivity index (χ4n) is 2.40. The van der Waals surface area contributed by atoms with Crippen LogP contribution in [0.25, 0.3) is 0 Å². The molecule has 0 aromatic carbocycles. The molecule has 0 spiro atoms. The van der Waals surface area contributed by atoms with Crippen molar-refractivity contribution in [2.75, 3.05) is 12.3 Å². The van der Waals surface area contributed by atoms with Gasteiger partial charge in [0.1, 0.15) is 5.82 Å². The van der Waals surface area contributed by atoms with Crippen LogP contribution in [-0.4, -0.2) is 16.5 Å². The minimum atomic E-state index is 0.0593. The zero-order chi connectivity index (χ0) is 14.5. The number of nitrogen functional groups attached to an aromatic ring is 1. The standard InChI is InChI=1S/C16H22N4/c1-4-7-18-15(14-6-5-8-19-16(14)17)13-9-11(2)20-12(3)10-13/h5-6,8-10,15,18H,4,7H2,1-3H3,(H2,17,19). The van der Waals surface area contributed by atoms with Crippen molar-refractivity contribution in [1.29, 1.82) is 0 Å². The molecule has 0 amide bonds. The van der Waals surface area contributed by atoms with Crippen molar-refractivity contribution in [3.8, 4) is 0 Å². The van der Waals surface area contributed by atoms with Crippen molar-refractivity contribution in [1.82, 2.24) is 15.3 Å². The quantitative estimate of drug-likeness (QED) is 0.877. The Kier molecular flexibility index (Phi) is 4.69. The van der Waals surface area contributed by atoms with E-state index in [0.717, 1.165) is 29.9 Å². The topological polar surface area (TPSA) is 63.8 Å². The van der Waals surface area contributed by atoms with Gasteiger partial charge in [0.05, 0.1) is 6.04 Å². The van der Waals surface area contributed by atoms with Gasteiger partial charge in [-0.05, 0) is 50.6 Å². The minimum Gasteiger partial charge on any atom is -0.383 e. The maximum Gasteiger partial charge on any atom is 0.128 e. The molecule has 106 valence electrons. The Morgan fingerprint density at radius 1 is 1.25 bits per heavy atom. The molecular formula is C16H22N4. The molecule has 0 saturated carbocycles. The van der Waals surface area contributed by atoms with E-state index in [1.54, 1.807) is 6.20 Å². The third kappa shape index (κ3) is 3.33. The van der Waals surface area contributed by atoms with Gasteiger partial charge >= 0.3 is 0 Å². The van der Waals surface area contributed by atoms with Crippen molar-refractivity contribution < 1.29 is 0 Å². The fourth-order valence-corrected chi connectivity index (χ4v) is 2.40. The lowest BCUT2D eigenvalue weighted by molar-refractivity contribution is 0.597. The molecule has 20 heavy (non-hydrogen) atoms. The van der Waals surface area contributed by atoms with Crippen LogP contribution < -0.4 is 11.1 Å². The average Bonchev–Trinajstić information content (AvgIpc) is 2.40. The number of rotatable bonds is 5. The van der Waals surface area contributed by atoms with Crippen molar-refractivity contribution in [3.63, 3.8) is 0 Å². The molecule has 0 saturated heterocycles. The normalized spacial score (nSPS) is 12.3. The summed E-state index contributed by atoms with van der Waals surface area (Å²) in [7, 11) is 0. The summed E-state index contributed by atoms with van der Waals surface area (Å²) in [5.74, 6) is 0.577. The third-order valence-electron chi connectivity index (χ3n) is 3.22. The van der Waals surface area contributed by atoms with Crippen LogP contribution >= 0.6 is 0 Å². The molecule has 0 aliphatic heterocycles. The fraction of sp³-hybridized carbons (Fsp3) is 0.375. The molecule has 0 radical (unpaired) electrons. The Balaban J connectivity index is 2.44. The third-order valence-corrected chi connectivity index (χ3v) is 3.22. The van der Waals surface area contributed by atoms with Gasteiger partial charge in [-0.3, -0.25) is 4.98 Å². The molecule has 2 aromatic heterocycles. The van der Waals surface area contributed by atoms with Gasteiger partial charge < -0.3 is 11.1 Å². The molecule has 1 unspecified atom stereocenters. The second-order valence-electron chi connectivity index (χ2n) is 5.05. The van der Waals surface area contributed by atoms with Gasteiger partial charge in [0, 0.05) is 23.1 Å². The summed E-state index contributed by atoms with van der Waals surface area (Å²) in [4.78, 5) is 8.64. The first-order valence-electron chi connectivity index (χ1n) is 7.00. The van der Waals surface area contributed by atoms with E-state index in [-0.39, 0.29) is 6.04 Å². The van der Waals surface area contributed by atoms with Crippen LogP contribution in [0, 0.1) is 13.8 Å². The Hall–Kier alpha value is -1.94. The summed E-state index contributed by atoms with van der Waals surface area (Å²) >= 11 is 0. The van der Waals surface area contributed by atoms with Crippen LogP contribution in [0.2, 0.25) is 0 Å². The molecular weight excluding hydrogens is 248 g/mol. The lowest BCUT2D eigenvalue weighted by atomic mass is 9.98. The van der Waals surface area contributed by atoms with E-state index in [4.69, 9.17) is 5.73 Å². The lowest BCUT2D eigenvalue weighted by Gasteiger charge is -2.21. The molecule has 1 atom stereocenters. The predicted molar refractivity (Wildman–Crippen MR) is 82.5 cm³/mol. The Labute approximate surface area is 120 Å². The van der Waals surface area contributed by atoms with E-state index in [1.165, 1.54) is 5.56 Å². The second kappa shape index (κ2) is 6.48. The summed E-state index contributed by atoms with van der Waals surface area (Å²) in [5.41, 5.74) is 10.3. The molecule has 0 bridgehead atoms. The van der Waals surface area contributed by atoms with Crippen LogP contribution in [-0.2, 0) is 0 Å². The van der Waals surface area contributed by atoms with Gasteiger partial charge in [0.2, 0.25) is 0 Å². The van der Waals surface area contributed by atoms with Gasteiger partial charge in [-0.1, -0.05) is 13.0 Å². The lowest BCUT2D eigenvalue weighted by Crippen LogP contribution is -2.24. The van der Waals surface area contributed by atoms with Crippen molar-refractivity contribution in [3.05, 3.63) is 53.0 Å². The van der Waals surface area contributed by atoms with Gasteiger partial charge in [-0.2, -0.15) is 0 Å². The highest BCUT2D eigenvalue weighted by molar-refractivity contribution is 5.45. The summed E-state index contributed by atoms with van der Waals surface area (Å²) in [6.07, 6.45) is 2.79. The van der Waals surface area contributed by atoms with Crippen LogP contribution in [0.3, 0.4) is 0 Å². The van der Waals surface area contributed by atoms with Crippen LogP contribution in [0.1, 0.15) is 41.9 Å². The number of nitrogens with one attached hydrogen (secondary N) is 1. The van der Waals surface area contributed by atoms with E-state index in [1.807, 2.05) is 26.0 Å². The van der Waals surface area contributed by atoms with E-state index in [0.29, 0.717) is 5.82 Å². The zero-order valence-corrected chi connectivity index (χ0v) is 12.4. The highest BCUT2D eigenvalue weighted by Crippen LogP contribution is 2.26. The second-order valence-corrected chi connectivity index (χ2v) is 5.05. The molecule has 4 nitrogen and oxygen atoms in total. The number of hydrogen-bond acceptors (Lipinski definition) is 4. The maximum absolute atomic E-state index is 6.04. The first kappa shape index (κ1) is 14.5. The Morgan fingerprint density at radius 2 is 1.95 bits per heavy atom. The largest absolute Gasteiger partial charge is 0.383 e. The number of aryl methyl sites for hydroxylation is 2. The highest BCUT2D eigenvalue weighted by atomic mass is 14.9. The van der Waals surface area contributed by atoms with E-state index in [9.17, 15) is 0 Å². The molecule has 3 N–H and O–H groups in total. The Bertz CT molecular complexity index is 560. The van der Waals surface area contributed by atoms with Gasteiger partial charge in [-0.15, -0.1) is 0 Å². The number of pyridine rings is 2. The van der Waals surface area contributed by atoms with E-state index < -0.39 is 0 Å². The zero-order valence-electron chi connectivity index (χ0n) is 12.4. The monoisotopic (exact) mass is 270 g/mol. The molecule has 2 aromatic rings. The summed E-state index contributed by atoms with van der Waals surface area (Å²) < 4.78 is 0. The first-order valence-corrected chi connectivity index (χ1v) is 7.00. The van der Waals surface area contributed by atoms with Crippen LogP contribution in [0.15, 0.2) is 30.5 Å². The molecule has 0 aliphatic carbocycles. The van der Waals surface area contributed by atoms with Crippen LogP contribution in [0.4, 0.5) is 5.82 Å². The highest BCUT2D eigenvalue weighted by Gasteiger charge is 2.17. The van der Waals surface area contributed by atoms with Crippen LogP contribution in [0.5, 0.6) is 0 Å². The number of nitrogens with two attached hydrogens (primary N) is 1. The minimum absolute atomic E-state index is 0.0593. The molecule has 2 rings (SSSR count). The summed E-state index contributed by atoms with van der Waals surface area (Å²) in [5, 5.41) is 3.55. The van der Waals surface area contributed by atoms with E-state index >= 15 is 0 Å². The number of anilines is 1. The average molecular weight is 270 g/mol. The van der Waals surface area contributed by atoms with Gasteiger partial charge in [-0.25, -0.2) is 4.98 Å². The number of nitrogens with zero attached hydrogens (tertiary/aromatic N) is 2. The first-order chi connectivity index (χ1) is 9.61. The summed E-state index contributed by atoms with van der Waals surface area (Å²) in [6, 6.07) is 8.22. The Morgan fingerprint density at radius 3 is 2.55 bits per heavy atom. The predicted octanol–water partition coefficient (Wildman–Crippen LogP) is 2.76. The molecule has 2 heterocycles. The van der Waals surface area contributed by atoms with Crippen molar-refractivity contribution in [2.45, 2.75) is 33.2 Å². The molecule has 0 fully saturated rings. The molecule has 0 aliphatic rings. The van der Waals surface area contributed by atoms with Crippen molar-refractivity contribution >= 4 is 5.82 Å². The summed E-state index contributed by atoms with van der Waals surface area (Å²) in [6.45, 7) is 7.11. The van der Waals surface area contributed by atoms with Gasteiger partial charge in [0.15, 0.2) is 0 Å². The van der Waals surface area contributed by atoms with Crippen molar-refractivity contribution in [2.24, 2.45) is 0 Å². The number of hydrogen-bond donors (Lipinski definition) is 2.